The summed E-state index contributed by atoms with van der Waals surface area (Å²) in [5, 5.41) is 0. The van der Waals surface area contributed by atoms with Crippen molar-refractivity contribution in [3.8, 4) is 0 Å². The van der Waals surface area contributed by atoms with Crippen molar-refractivity contribution in [2.24, 2.45) is 5.92 Å². The second kappa shape index (κ2) is 6.72. The van der Waals surface area contributed by atoms with E-state index in [0.717, 1.165) is 12.0 Å². The Bertz CT molecular complexity index is 275. The van der Waals surface area contributed by atoms with Crippen molar-refractivity contribution in [1.29, 1.82) is 0 Å². The number of likely N-dealkylation sites (tertiary alicyclic amines) is 1. The lowest BCUT2D eigenvalue weighted by atomic mass is 9.94. The second-order valence-corrected chi connectivity index (χ2v) is 6.30. The third-order valence-electron chi connectivity index (χ3n) is 4.74. The molecule has 2 aliphatic heterocycles. The molecule has 0 aliphatic carbocycles. The highest BCUT2D eigenvalue weighted by Gasteiger charge is 2.23. The lowest BCUT2D eigenvalue weighted by molar-refractivity contribution is 0.124. The van der Waals surface area contributed by atoms with Gasteiger partial charge in [0.15, 0.2) is 0 Å². The monoisotopic (exact) mass is 250 g/mol. The van der Waals surface area contributed by atoms with Gasteiger partial charge in [0, 0.05) is 25.7 Å². The summed E-state index contributed by atoms with van der Waals surface area (Å²) in [4.78, 5) is 5.29. The number of hydrogen-bond acceptors (Lipinski definition) is 2. The van der Waals surface area contributed by atoms with Crippen LogP contribution in [-0.2, 0) is 0 Å². The van der Waals surface area contributed by atoms with Crippen LogP contribution in [0.3, 0.4) is 0 Å². The highest BCUT2D eigenvalue weighted by molar-refractivity contribution is 5.06. The molecule has 18 heavy (non-hydrogen) atoms. The van der Waals surface area contributed by atoms with Gasteiger partial charge >= 0.3 is 0 Å². The molecule has 0 amide bonds. The van der Waals surface area contributed by atoms with Gasteiger partial charge in [-0.25, -0.2) is 0 Å². The van der Waals surface area contributed by atoms with E-state index in [9.17, 15) is 0 Å². The summed E-state index contributed by atoms with van der Waals surface area (Å²) in [6.45, 7) is 13.4. The van der Waals surface area contributed by atoms with Crippen LogP contribution < -0.4 is 0 Å². The third-order valence-corrected chi connectivity index (χ3v) is 4.74. The van der Waals surface area contributed by atoms with Crippen LogP contribution >= 0.6 is 0 Å². The minimum atomic E-state index is 0.732. The molecule has 0 aromatic carbocycles. The van der Waals surface area contributed by atoms with Crippen molar-refractivity contribution in [2.75, 3.05) is 32.7 Å². The Balaban J connectivity index is 1.71. The first kappa shape index (κ1) is 14.1. The molecule has 0 N–H and O–H groups in total. The van der Waals surface area contributed by atoms with Crippen molar-refractivity contribution in [3.63, 3.8) is 0 Å². The first-order valence-corrected chi connectivity index (χ1v) is 7.83. The Kier molecular flexibility index (Phi) is 5.25. The lowest BCUT2D eigenvalue weighted by Gasteiger charge is -2.37. The van der Waals surface area contributed by atoms with Crippen molar-refractivity contribution in [1.82, 2.24) is 9.80 Å². The highest BCUT2D eigenvalue weighted by atomic mass is 15.2. The second-order valence-electron chi connectivity index (χ2n) is 6.30. The number of rotatable bonds is 4. The van der Waals surface area contributed by atoms with Crippen LogP contribution in [0.4, 0.5) is 0 Å². The highest BCUT2D eigenvalue weighted by Crippen LogP contribution is 2.22. The van der Waals surface area contributed by atoms with Crippen LogP contribution in [0.5, 0.6) is 0 Å². The third kappa shape index (κ3) is 3.83. The number of hydrogen-bond donors (Lipinski definition) is 0. The molecule has 0 aromatic heterocycles. The standard InChI is InChI=1S/C16H30N2/c1-4-15-5-9-17(10-6-15)13-16-7-11-18(12-8-16)14(2)3/h5,14,16H,4,6-13H2,1-3H3. The van der Waals surface area contributed by atoms with Gasteiger partial charge in [0.25, 0.3) is 0 Å². The summed E-state index contributed by atoms with van der Waals surface area (Å²) in [6, 6.07) is 0.732. The van der Waals surface area contributed by atoms with Crippen LogP contribution in [-0.4, -0.2) is 48.6 Å². The Hall–Kier alpha value is -0.340. The Labute approximate surface area is 113 Å². The average molecular weight is 250 g/mol. The molecule has 104 valence electrons. The van der Waals surface area contributed by atoms with Crippen LogP contribution in [0.15, 0.2) is 11.6 Å². The summed E-state index contributed by atoms with van der Waals surface area (Å²) in [6.07, 6.45) is 7.83. The van der Waals surface area contributed by atoms with Gasteiger partial charge in [-0.15, -0.1) is 0 Å². The van der Waals surface area contributed by atoms with E-state index in [4.69, 9.17) is 0 Å². The average Bonchev–Trinajstić information content (AvgIpc) is 2.40. The predicted molar refractivity (Wildman–Crippen MR) is 78.9 cm³/mol. The Morgan fingerprint density at radius 1 is 1.22 bits per heavy atom. The summed E-state index contributed by atoms with van der Waals surface area (Å²) in [5.74, 6) is 0.941. The fraction of sp³-hybridized carbons (Fsp3) is 0.875. The lowest BCUT2D eigenvalue weighted by Crippen LogP contribution is -2.42. The van der Waals surface area contributed by atoms with Crippen LogP contribution in [0.2, 0.25) is 0 Å². The van der Waals surface area contributed by atoms with E-state index in [-0.39, 0.29) is 0 Å². The van der Waals surface area contributed by atoms with Gasteiger partial charge in [0.1, 0.15) is 0 Å². The molecule has 0 saturated carbocycles. The summed E-state index contributed by atoms with van der Waals surface area (Å²) in [7, 11) is 0. The van der Waals surface area contributed by atoms with Gasteiger partial charge in [-0.1, -0.05) is 18.6 Å². The topological polar surface area (TPSA) is 6.48 Å². The zero-order chi connectivity index (χ0) is 13.0. The Morgan fingerprint density at radius 2 is 1.94 bits per heavy atom. The molecule has 2 heteroatoms. The molecule has 1 fully saturated rings. The van der Waals surface area contributed by atoms with Crippen molar-refractivity contribution in [3.05, 3.63) is 11.6 Å². The van der Waals surface area contributed by atoms with E-state index in [1.165, 1.54) is 58.4 Å². The molecule has 1 saturated heterocycles. The van der Waals surface area contributed by atoms with Crippen LogP contribution in [0.1, 0.15) is 46.5 Å². The van der Waals surface area contributed by atoms with Crippen molar-refractivity contribution < 1.29 is 0 Å². The van der Waals surface area contributed by atoms with Crippen molar-refractivity contribution in [2.45, 2.75) is 52.5 Å². The van der Waals surface area contributed by atoms with E-state index < -0.39 is 0 Å². The fourth-order valence-corrected chi connectivity index (χ4v) is 3.26. The first-order chi connectivity index (χ1) is 8.69. The smallest absolute Gasteiger partial charge is 0.0166 e. The SMILES string of the molecule is CCC1=CCN(CC2CCN(C(C)C)CC2)CC1. The molecular formula is C16H30N2. The van der Waals surface area contributed by atoms with E-state index in [1.807, 2.05) is 0 Å². The van der Waals surface area contributed by atoms with E-state index >= 15 is 0 Å². The molecule has 0 unspecified atom stereocenters. The van der Waals surface area contributed by atoms with Gasteiger partial charge in [0.05, 0.1) is 0 Å². The normalized spacial score (nSPS) is 24.6. The van der Waals surface area contributed by atoms with Crippen LogP contribution in [0.25, 0.3) is 0 Å². The van der Waals surface area contributed by atoms with Crippen LogP contribution in [0, 0.1) is 5.92 Å². The summed E-state index contributed by atoms with van der Waals surface area (Å²) < 4.78 is 0. The van der Waals surface area contributed by atoms with Gasteiger partial charge < -0.3 is 4.90 Å². The molecular weight excluding hydrogens is 220 g/mol. The molecule has 0 radical (unpaired) electrons. The molecule has 2 rings (SSSR count). The zero-order valence-corrected chi connectivity index (χ0v) is 12.5. The van der Waals surface area contributed by atoms with Gasteiger partial charge in [-0.3, -0.25) is 4.90 Å². The van der Waals surface area contributed by atoms with E-state index in [2.05, 4.69) is 36.6 Å². The van der Waals surface area contributed by atoms with E-state index in [0.29, 0.717) is 0 Å². The maximum Gasteiger partial charge on any atom is 0.0166 e. The van der Waals surface area contributed by atoms with Crippen molar-refractivity contribution >= 4 is 0 Å². The number of piperidine rings is 1. The quantitative estimate of drug-likeness (QED) is 0.707. The fourth-order valence-electron chi connectivity index (χ4n) is 3.26. The number of nitrogens with zero attached hydrogens (tertiary/aromatic N) is 2. The molecule has 0 aromatic rings. The van der Waals surface area contributed by atoms with Gasteiger partial charge in [-0.2, -0.15) is 0 Å². The minimum Gasteiger partial charge on any atom is -0.301 e. The molecule has 0 spiro atoms. The maximum atomic E-state index is 2.66. The summed E-state index contributed by atoms with van der Waals surface area (Å²) >= 11 is 0. The largest absolute Gasteiger partial charge is 0.301 e. The first-order valence-electron chi connectivity index (χ1n) is 7.83. The molecule has 2 heterocycles. The minimum absolute atomic E-state index is 0.732. The molecule has 2 aliphatic rings. The predicted octanol–water partition coefficient (Wildman–Crippen LogP) is 3.15. The Morgan fingerprint density at radius 3 is 2.44 bits per heavy atom. The van der Waals surface area contributed by atoms with Gasteiger partial charge in [0.2, 0.25) is 0 Å². The maximum absolute atomic E-state index is 2.66. The molecule has 0 bridgehead atoms. The van der Waals surface area contributed by atoms with E-state index in [1.54, 1.807) is 5.57 Å². The molecule has 2 nitrogen and oxygen atoms in total. The molecule has 0 atom stereocenters. The summed E-state index contributed by atoms with van der Waals surface area (Å²) in [5.41, 5.74) is 1.67. The van der Waals surface area contributed by atoms with Gasteiger partial charge in [-0.05, 0) is 58.5 Å². The zero-order valence-electron chi connectivity index (χ0n) is 12.5.